The maximum Gasteiger partial charge on any atom is 0.165 e. The molecule has 1 aromatic heterocycles. The molecule has 0 bridgehead atoms. The maximum atomic E-state index is 12.3. The fourth-order valence-electron chi connectivity index (χ4n) is 2.10. The Labute approximate surface area is 120 Å². The highest BCUT2D eigenvalue weighted by molar-refractivity contribution is 9.11. The van der Waals surface area contributed by atoms with Crippen LogP contribution in [0.1, 0.15) is 48.5 Å². The van der Waals surface area contributed by atoms with Crippen LogP contribution in [0.2, 0.25) is 0 Å². The van der Waals surface area contributed by atoms with Crippen LogP contribution in [0.25, 0.3) is 10.1 Å². The summed E-state index contributed by atoms with van der Waals surface area (Å²) in [7, 11) is 0. The SMILES string of the molecule is CCCCCC(=O)c1c(Br)sc2ccc(C)cc12. The molecule has 0 aliphatic heterocycles. The van der Waals surface area contributed by atoms with E-state index in [9.17, 15) is 4.79 Å². The average molecular weight is 325 g/mol. The van der Waals surface area contributed by atoms with Gasteiger partial charge >= 0.3 is 0 Å². The smallest absolute Gasteiger partial charge is 0.165 e. The molecule has 96 valence electrons. The van der Waals surface area contributed by atoms with Crippen LogP contribution in [0, 0.1) is 6.92 Å². The molecular weight excluding hydrogens is 308 g/mol. The number of hydrogen-bond acceptors (Lipinski definition) is 2. The van der Waals surface area contributed by atoms with Crippen molar-refractivity contribution in [1.29, 1.82) is 0 Å². The highest BCUT2D eigenvalue weighted by Crippen LogP contribution is 2.36. The molecule has 0 aliphatic rings. The summed E-state index contributed by atoms with van der Waals surface area (Å²) in [6.45, 7) is 4.22. The van der Waals surface area contributed by atoms with Gasteiger partial charge in [-0.3, -0.25) is 4.79 Å². The molecule has 0 atom stereocenters. The molecule has 0 N–H and O–H groups in total. The summed E-state index contributed by atoms with van der Waals surface area (Å²) in [5, 5.41) is 1.10. The zero-order valence-electron chi connectivity index (χ0n) is 10.8. The van der Waals surface area contributed by atoms with Gasteiger partial charge in [0.15, 0.2) is 5.78 Å². The standard InChI is InChI=1S/C15H17BrOS/c1-3-4-5-6-12(17)14-11-9-10(2)7-8-13(11)18-15(14)16/h7-9H,3-6H2,1-2H3. The van der Waals surface area contributed by atoms with Crippen molar-refractivity contribution in [3.8, 4) is 0 Å². The monoisotopic (exact) mass is 324 g/mol. The molecular formula is C15H17BrOS. The normalized spacial score (nSPS) is 11.1. The van der Waals surface area contributed by atoms with Crippen LogP contribution in [0.15, 0.2) is 22.0 Å². The van der Waals surface area contributed by atoms with E-state index in [1.165, 1.54) is 10.3 Å². The van der Waals surface area contributed by atoms with Crippen molar-refractivity contribution in [1.82, 2.24) is 0 Å². The lowest BCUT2D eigenvalue weighted by atomic mass is 10.0. The summed E-state index contributed by atoms with van der Waals surface area (Å²) >= 11 is 5.19. The molecule has 2 aromatic rings. The predicted molar refractivity (Wildman–Crippen MR) is 82.7 cm³/mol. The molecule has 1 nitrogen and oxygen atoms in total. The molecule has 1 aromatic carbocycles. The largest absolute Gasteiger partial charge is 0.294 e. The number of aryl methyl sites for hydroxylation is 1. The van der Waals surface area contributed by atoms with Gasteiger partial charge in [-0.1, -0.05) is 31.4 Å². The molecule has 0 aliphatic carbocycles. The number of Topliss-reactive ketones (excluding diaryl/α,β-unsaturated/α-hetero) is 1. The molecule has 3 heteroatoms. The predicted octanol–water partition coefficient (Wildman–Crippen LogP) is 5.74. The number of benzene rings is 1. The number of halogens is 1. The van der Waals surface area contributed by atoms with Gasteiger partial charge in [0.1, 0.15) is 0 Å². The minimum Gasteiger partial charge on any atom is -0.294 e. The van der Waals surface area contributed by atoms with E-state index in [4.69, 9.17) is 0 Å². The third-order valence-corrected chi connectivity index (χ3v) is 4.93. The number of fused-ring (bicyclic) bond motifs is 1. The Bertz CT molecular complexity index is 571. The molecule has 0 saturated carbocycles. The van der Waals surface area contributed by atoms with Crippen LogP contribution in [-0.4, -0.2) is 5.78 Å². The second-order valence-electron chi connectivity index (χ2n) is 4.63. The van der Waals surface area contributed by atoms with E-state index in [-0.39, 0.29) is 5.78 Å². The summed E-state index contributed by atoms with van der Waals surface area (Å²) in [5.74, 6) is 0.271. The molecule has 0 saturated heterocycles. The first-order valence-corrected chi connectivity index (χ1v) is 7.96. The number of ketones is 1. The Morgan fingerprint density at radius 2 is 2.11 bits per heavy atom. The Morgan fingerprint density at radius 3 is 2.83 bits per heavy atom. The zero-order valence-corrected chi connectivity index (χ0v) is 13.2. The topological polar surface area (TPSA) is 17.1 Å². The second-order valence-corrected chi connectivity index (χ2v) is 7.00. The van der Waals surface area contributed by atoms with Crippen molar-refractivity contribution in [2.24, 2.45) is 0 Å². The van der Waals surface area contributed by atoms with Crippen molar-refractivity contribution in [2.75, 3.05) is 0 Å². The van der Waals surface area contributed by atoms with Crippen LogP contribution in [0.3, 0.4) is 0 Å². The Kier molecular flexibility index (Phi) is 4.57. The van der Waals surface area contributed by atoms with Crippen LogP contribution in [0.5, 0.6) is 0 Å². The summed E-state index contributed by atoms with van der Waals surface area (Å²) in [6, 6.07) is 6.31. The van der Waals surface area contributed by atoms with E-state index < -0.39 is 0 Å². The Morgan fingerprint density at radius 1 is 1.33 bits per heavy atom. The van der Waals surface area contributed by atoms with Gasteiger partial charge in [0.05, 0.1) is 9.35 Å². The van der Waals surface area contributed by atoms with Crippen LogP contribution < -0.4 is 0 Å². The van der Waals surface area contributed by atoms with E-state index >= 15 is 0 Å². The fourth-order valence-corrected chi connectivity index (χ4v) is 3.99. The second kappa shape index (κ2) is 5.98. The van der Waals surface area contributed by atoms with Crippen molar-refractivity contribution >= 4 is 43.1 Å². The minimum absolute atomic E-state index is 0.271. The third kappa shape index (κ3) is 2.83. The molecule has 0 amide bonds. The fraction of sp³-hybridized carbons (Fsp3) is 0.400. The number of carbonyl (C=O) groups is 1. The third-order valence-electron chi connectivity index (χ3n) is 3.09. The van der Waals surface area contributed by atoms with E-state index in [1.807, 2.05) is 0 Å². The Balaban J connectivity index is 2.34. The summed E-state index contributed by atoms with van der Waals surface area (Å²) < 4.78 is 2.16. The molecule has 2 rings (SSSR count). The molecule has 1 heterocycles. The van der Waals surface area contributed by atoms with E-state index in [0.717, 1.165) is 34.0 Å². The zero-order chi connectivity index (χ0) is 13.1. The maximum absolute atomic E-state index is 12.3. The highest BCUT2D eigenvalue weighted by atomic mass is 79.9. The van der Waals surface area contributed by atoms with Crippen molar-refractivity contribution in [3.63, 3.8) is 0 Å². The van der Waals surface area contributed by atoms with E-state index in [2.05, 4.69) is 48.0 Å². The summed E-state index contributed by atoms with van der Waals surface area (Å²) in [4.78, 5) is 12.3. The van der Waals surface area contributed by atoms with E-state index in [1.54, 1.807) is 11.3 Å². The van der Waals surface area contributed by atoms with Gasteiger partial charge in [-0.2, -0.15) is 0 Å². The Hall–Kier alpha value is -0.670. The van der Waals surface area contributed by atoms with Crippen LogP contribution in [0.4, 0.5) is 0 Å². The highest BCUT2D eigenvalue weighted by Gasteiger charge is 2.16. The number of rotatable bonds is 5. The van der Waals surface area contributed by atoms with Crippen molar-refractivity contribution < 1.29 is 4.79 Å². The van der Waals surface area contributed by atoms with Gasteiger partial charge in [0.25, 0.3) is 0 Å². The first-order chi connectivity index (χ1) is 8.63. The lowest BCUT2D eigenvalue weighted by Crippen LogP contribution is -1.98. The first-order valence-electron chi connectivity index (χ1n) is 6.35. The number of hydrogen-bond donors (Lipinski definition) is 0. The number of unbranched alkanes of at least 4 members (excludes halogenated alkanes) is 2. The molecule has 0 spiro atoms. The van der Waals surface area contributed by atoms with Gasteiger partial charge in [0.2, 0.25) is 0 Å². The van der Waals surface area contributed by atoms with Gasteiger partial charge in [-0.15, -0.1) is 11.3 Å². The van der Waals surface area contributed by atoms with Crippen molar-refractivity contribution in [3.05, 3.63) is 33.1 Å². The lowest BCUT2D eigenvalue weighted by molar-refractivity contribution is 0.0980. The van der Waals surface area contributed by atoms with Crippen LogP contribution in [-0.2, 0) is 0 Å². The van der Waals surface area contributed by atoms with E-state index in [0.29, 0.717) is 6.42 Å². The molecule has 0 radical (unpaired) electrons. The minimum atomic E-state index is 0.271. The number of thiophene rings is 1. The molecule has 0 unspecified atom stereocenters. The quantitative estimate of drug-likeness (QED) is 0.506. The number of carbonyl (C=O) groups excluding carboxylic acids is 1. The lowest BCUT2D eigenvalue weighted by Gasteiger charge is -2.01. The van der Waals surface area contributed by atoms with Gasteiger partial charge < -0.3 is 0 Å². The van der Waals surface area contributed by atoms with Gasteiger partial charge in [-0.25, -0.2) is 0 Å². The molecule has 18 heavy (non-hydrogen) atoms. The van der Waals surface area contributed by atoms with Crippen molar-refractivity contribution in [2.45, 2.75) is 39.5 Å². The van der Waals surface area contributed by atoms with Gasteiger partial charge in [-0.05, 0) is 41.4 Å². The first kappa shape index (κ1) is 13.8. The summed E-state index contributed by atoms with van der Waals surface area (Å²) in [5.41, 5.74) is 2.09. The average Bonchev–Trinajstić information content (AvgIpc) is 2.64. The van der Waals surface area contributed by atoms with Gasteiger partial charge in [0, 0.05) is 16.5 Å². The molecule has 0 fully saturated rings. The summed E-state index contributed by atoms with van der Waals surface area (Å²) in [6.07, 6.45) is 3.93. The van der Waals surface area contributed by atoms with Crippen LogP contribution >= 0.6 is 27.3 Å².